The number of likely N-dealkylation sites (tertiary alicyclic amines) is 1. The monoisotopic (exact) mass is 356 g/mol. The number of aromatic nitrogens is 2. The highest BCUT2D eigenvalue weighted by molar-refractivity contribution is 5.95. The van der Waals surface area contributed by atoms with Crippen LogP contribution < -0.4 is 9.64 Å². The predicted octanol–water partition coefficient (Wildman–Crippen LogP) is 2.37. The summed E-state index contributed by atoms with van der Waals surface area (Å²) in [6.45, 7) is 2.07. The van der Waals surface area contributed by atoms with Crippen molar-refractivity contribution in [2.24, 2.45) is 5.92 Å². The average Bonchev–Trinajstić information content (AvgIpc) is 3.11. The number of hydrogen-bond acceptors (Lipinski definition) is 5. The molecule has 136 valence electrons. The van der Waals surface area contributed by atoms with Crippen molar-refractivity contribution < 1.29 is 13.9 Å². The standard InChI is InChI=1S/C19H21FN4O2/c1-26-15-4-2-3-14(9-15)19(25)24-8-6-13-5-7-23(11-17(13)24)18-16(20)10-21-12-22-18/h2-4,9-10,12-13,17H,5-8,11H2,1H3. The summed E-state index contributed by atoms with van der Waals surface area (Å²) in [5.74, 6) is 1.01. The van der Waals surface area contributed by atoms with Gasteiger partial charge in [0, 0.05) is 25.2 Å². The second kappa shape index (κ2) is 6.90. The number of methoxy groups -OCH3 is 1. The highest BCUT2D eigenvalue weighted by atomic mass is 19.1. The first-order valence-corrected chi connectivity index (χ1v) is 8.83. The van der Waals surface area contributed by atoms with Crippen molar-refractivity contribution in [2.75, 3.05) is 31.6 Å². The van der Waals surface area contributed by atoms with E-state index in [1.807, 2.05) is 28.0 Å². The summed E-state index contributed by atoms with van der Waals surface area (Å²) in [6.07, 6.45) is 4.46. The topological polar surface area (TPSA) is 58.6 Å². The molecule has 1 aromatic heterocycles. The van der Waals surface area contributed by atoms with Gasteiger partial charge in [-0.25, -0.2) is 14.4 Å². The van der Waals surface area contributed by atoms with E-state index in [-0.39, 0.29) is 11.9 Å². The molecule has 26 heavy (non-hydrogen) atoms. The summed E-state index contributed by atoms with van der Waals surface area (Å²) in [4.78, 5) is 24.7. The normalized spacial score (nSPS) is 22.2. The van der Waals surface area contributed by atoms with Crippen LogP contribution in [0.3, 0.4) is 0 Å². The Labute approximate surface area is 151 Å². The van der Waals surface area contributed by atoms with Crippen LogP contribution in [0.15, 0.2) is 36.8 Å². The van der Waals surface area contributed by atoms with E-state index in [1.165, 1.54) is 12.5 Å². The van der Waals surface area contributed by atoms with E-state index in [9.17, 15) is 9.18 Å². The molecule has 2 atom stereocenters. The zero-order chi connectivity index (χ0) is 18.1. The van der Waals surface area contributed by atoms with Gasteiger partial charge in [0.1, 0.15) is 12.1 Å². The smallest absolute Gasteiger partial charge is 0.254 e. The van der Waals surface area contributed by atoms with Gasteiger partial charge in [-0.05, 0) is 37.0 Å². The highest BCUT2D eigenvalue weighted by Gasteiger charge is 2.41. The lowest BCUT2D eigenvalue weighted by Crippen LogP contribution is -2.50. The molecule has 0 saturated carbocycles. The molecule has 4 rings (SSSR count). The Hall–Kier alpha value is -2.70. The third-order valence-corrected chi connectivity index (χ3v) is 5.39. The van der Waals surface area contributed by atoms with Crippen molar-refractivity contribution in [1.29, 1.82) is 0 Å². The maximum Gasteiger partial charge on any atom is 0.254 e. The Balaban J connectivity index is 1.55. The fourth-order valence-corrected chi connectivity index (χ4v) is 4.05. The second-order valence-corrected chi connectivity index (χ2v) is 6.78. The fraction of sp³-hybridized carbons (Fsp3) is 0.421. The quantitative estimate of drug-likeness (QED) is 0.845. The van der Waals surface area contributed by atoms with Crippen molar-refractivity contribution in [3.8, 4) is 5.75 Å². The van der Waals surface area contributed by atoms with Crippen LogP contribution in [0.2, 0.25) is 0 Å². The van der Waals surface area contributed by atoms with Crippen molar-refractivity contribution in [2.45, 2.75) is 18.9 Å². The largest absolute Gasteiger partial charge is 0.497 e. The summed E-state index contributed by atoms with van der Waals surface area (Å²) >= 11 is 0. The van der Waals surface area contributed by atoms with Crippen molar-refractivity contribution >= 4 is 11.7 Å². The van der Waals surface area contributed by atoms with E-state index in [1.54, 1.807) is 13.2 Å². The third-order valence-electron chi connectivity index (χ3n) is 5.39. The first-order valence-electron chi connectivity index (χ1n) is 8.83. The van der Waals surface area contributed by atoms with E-state index in [2.05, 4.69) is 9.97 Å². The summed E-state index contributed by atoms with van der Waals surface area (Å²) in [5, 5.41) is 0. The summed E-state index contributed by atoms with van der Waals surface area (Å²) in [6, 6.07) is 7.28. The lowest BCUT2D eigenvalue weighted by atomic mass is 9.92. The van der Waals surface area contributed by atoms with E-state index >= 15 is 0 Å². The van der Waals surface area contributed by atoms with Crippen LogP contribution in [0.4, 0.5) is 10.2 Å². The Bertz CT molecular complexity index is 816. The molecular formula is C19H21FN4O2. The zero-order valence-electron chi connectivity index (χ0n) is 14.6. The molecule has 2 unspecified atom stereocenters. The fourth-order valence-electron chi connectivity index (χ4n) is 4.05. The Kier molecular flexibility index (Phi) is 4.44. The number of fused-ring (bicyclic) bond motifs is 1. The van der Waals surface area contributed by atoms with Crippen molar-refractivity contribution in [1.82, 2.24) is 14.9 Å². The molecule has 0 bridgehead atoms. The molecule has 0 N–H and O–H groups in total. The molecule has 0 aliphatic carbocycles. The van der Waals surface area contributed by atoms with Crippen LogP contribution in [0.5, 0.6) is 5.75 Å². The number of anilines is 1. The van der Waals surface area contributed by atoms with Gasteiger partial charge in [0.05, 0.1) is 19.3 Å². The van der Waals surface area contributed by atoms with Crippen LogP contribution in [0, 0.1) is 11.7 Å². The van der Waals surface area contributed by atoms with E-state index in [0.717, 1.165) is 25.9 Å². The Morgan fingerprint density at radius 3 is 2.96 bits per heavy atom. The first-order chi connectivity index (χ1) is 12.7. The maximum absolute atomic E-state index is 14.1. The number of halogens is 1. The average molecular weight is 356 g/mol. The molecule has 7 heteroatoms. The van der Waals surface area contributed by atoms with E-state index in [0.29, 0.717) is 29.6 Å². The van der Waals surface area contributed by atoms with Gasteiger partial charge in [-0.15, -0.1) is 0 Å². The summed E-state index contributed by atoms with van der Waals surface area (Å²) < 4.78 is 19.3. The Morgan fingerprint density at radius 1 is 1.31 bits per heavy atom. The number of nitrogens with zero attached hydrogens (tertiary/aromatic N) is 4. The van der Waals surface area contributed by atoms with Crippen molar-refractivity contribution in [3.05, 3.63) is 48.2 Å². The number of carbonyl (C=O) groups is 1. The lowest BCUT2D eigenvalue weighted by Gasteiger charge is -2.39. The van der Waals surface area contributed by atoms with Gasteiger partial charge >= 0.3 is 0 Å². The lowest BCUT2D eigenvalue weighted by molar-refractivity contribution is 0.0711. The molecular weight excluding hydrogens is 335 g/mol. The molecule has 0 radical (unpaired) electrons. The van der Waals surface area contributed by atoms with Crippen molar-refractivity contribution in [3.63, 3.8) is 0 Å². The molecule has 6 nitrogen and oxygen atoms in total. The van der Waals surface area contributed by atoms with E-state index in [4.69, 9.17) is 4.74 Å². The molecule has 1 aromatic carbocycles. The molecule has 2 aliphatic rings. The number of piperidine rings is 1. The number of hydrogen-bond donors (Lipinski definition) is 0. The molecule has 2 aromatic rings. The first kappa shape index (κ1) is 16.8. The molecule has 3 heterocycles. The highest BCUT2D eigenvalue weighted by Crippen LogP contribution is 2.34. The van der Waals surface area contributed by atoms with Gasteiger partial charge in [0.25, 0.3) is 5.91 Å². The maximum atomic E-state index is 14.1. The SMILES string of the molecule is COc1cccc(C(=O)N2CCC3CCN(c4ncncc4F)CC32)c1. The van der Waals surface area contributed by atoms with Gasteiger partial charge in [-0.3, -0.25) is 4.79 Å². The van der Waals surface area contributed by atoms with Gasteiger partial charge < -0.3 is 14.5 Å². The third kappa shape index (κ3) is 2.98. The molecule has 2 saturated heterocycles. The second-order valence-electron chi connectivity index (χ2n) is 6.78. The van der Waals surface area contributed by atoms with Crippen LogP contribution in [0.1, 0.15) is 23.2 Å². The van der Waals surface area contributed by atoms with Gasteiger partial charge in [0.15, 0.2) is 11.6 Å². The molecule has 0 spiro atoms. The van der Waals surface area contributed by atoms with Crippen LogP contribution >= 0.6 is 0 Å². The molecule has 1 amide bonds. The number of benzene rings is 1. The van der Waals surface area contributed by atoms with Crippen LogP contribution in [-0.4, -0.2) is 53.6 Å². The number of amides is 1. The summed E-state index contributed by atoms with van der Waals surface area (Å²) in [5.41, 5.74) is 0.621. The Morgan fingerprint density at radius 2 is 2.15 bits per heavy atom. The van der Waals surface area contributed by atoms with Crippen LogP contribution in [0.25, 0.3) is 0 Å². The zero-order valence-corrected chi connectivity index (χ0v) is 14.6. The van der Waals surface area contributed by atoms with Gasteiger partial charge in [0.2, 0.25) is 0 Å². The minimum atomic E-state index is -0.422. The molecule has 2 aliphatic heterocycles. The minimum Gasteiger partial charge on any atom is -0.497 e. The minimum absolute atomic E-state index is 0.00131. The number of carbonyl (C=O) groups excluding carboxylic acids is 1. The number of ether oxygens (including phenoxy) is 1. The van der Waals surface area contributed by atoms with Gasteiger partial charge in [-0.1, -0.05) is 6.07 Å². The number of rotatable bonds is 3. The summed E-state index contributed by atoms with van der Waals surface area (Å²) in [7, 11) is 1.59. The molecule has 2 fully saturated rings. The van der Waals surface area contributed by atoms with E-state index < -0.39 is 5.82 Å². The van der Waals surface area contributed by atoms with Gasteiger partial charge in [-0.2, -0.15) is 0 Å². The predicted molar refractivity (Wildman–Crippen MR) is 94.7 cm³/mol. The van der Waals surface area contributed by atoms with Crippen LogP contribution in [-0.2, 0) is 0 Å².